The molecule has 0 atom stereocenters. The Morgan fingerprint density at radius 2 is 1.47 bits per heavy atom. The van der Waals surface area contributed by atoms with Crippen molar-refractivity contribution in [1.29, 1.82) is 0 Å². The average Bonchev–Trinajstić information content (AvgIpc) is 2.77. The predicted molar refractivity (Wildman–Crippen MR) is 119 cm³/mol. The van der Waals surface area contributed by atoms with Crippen LogP contribution in [0.15, 0.2) is 60.7 Å². The van der Waals surface area contributed by atoms with Crippen LogP contribution in [-0.4, -0.2) is 35.4 Å². The van der Waals surface area contributed by atoms with Gasteiger partial charge in [-0.1, -0.05) is 45.1 Å². The molecule has 0 aromatic heterocycles. The molecule has 2 aromatic carbocycles. The third-order valence-corrected chi connectivity index (χ3v) is 4.67. The number of esters is 2. The Kier molecular flexibility index (Phi) is 9.31. The molecule has 2 aromatic rings. The van der Waals surface area contributed by atoms with E-state index in [1.165, 1.54) is 24.3 Å². The average molecular weight is 442 g/mol. The summed E-state index contributed by atoms with van der Waals surface area (Å²) in [5, 5.41) is 18.1. The van der Waals surface area contributed by atoms with Crippen LogP contribution in [0.25, 0.3) is 11.1 Å². The van der Waals surface area contributed by atoms with Crippen molar-refractivity contribution in [1.82, 2.24) is 0 Å². The number of carbonyl (C=O) groups excluding carboxylic acids is 2. The highest BCUT2D eigenvalue weighted by molar-refractivity contribution is 5.91. The first-order chi connectivity index (χ1) is 15.3. The Bertz CT molecular complexity index is 963. The maximum atomic E-state index is 14.9. The van der Waals surface area contributed by atoms with E-state index in [1.807, 2.05) is 6.07 Å². The minimum absolute atomic E-state index is 0.0362. The lowest BCUT2D eigenvalue weighted by molar-refractivity contribution is -0.131. The Morgan fingerprint density at radius 1 is 0.906 bits per heavy atom. The van der Waals surface area contributed by atoms with Crippen molar-refractivity contribution in [2.75, 3.05) is 13.2 Å². The van der Waals surface area contributed by atoms with Gasteiger partial charge >= 0.3 is 11.9 Å². The molecule has 2 rings (SSSR count). The molecule has 0 heterocycles. The number of aliphatic hydroxyl groups is 2. The van der Waals surface area contributed by atoms with E-state index >= 15 is 0 Å². The molecule has 0 saturated heterocycles. The van der Waals surface area contributed by atoms with Crippen LogP contribution < -0.4 is 9.47 Å². The monoisotopic (exact) mass is 442 g/mol. The second-order valence-corrected chi connectivity index (χ2v) is 7.27. The molecule has 0 amide bonds. The summed E-state index contributed by atoms with van der Waals surface area (Å²) in [5.74, 6) is -2.31. The SMILES string of the molecule is C=C(CO)C(=O)Oc1cc(OC(=O)C(=C)CO)cc(-c2ccc(CCCCC)cc2F)c1. The van der Waals surface area contributed by atoms with E-state index in [0.29, 0.717) is 5.56 Å². The molecule has 0 bridgehead atoms. The maximum Gasteiger partial charge on any atom is 0.341 e. The van der Waals surface area contributed by atoms with Crippen molar-refractivity contribution in [3.63, 3.8) is 0 Å². The van der Waals surface area contributed by atoms with Crippen molar-refractivity contribution >= 4 is 11.9 Å². The van der Waals surface area contributed by atoms with Crippen LogP contribution in [0.2, 0.25) is 0 Å². The van der Waals surface area contributed by atoms with Gasteiger partial charge < -0.3 is 19.7 Å². The lowest BCUT2D eigenvalue weighted by atomic mass is 10.00. The molecule has 2 N–H and O–H groups in total. The maximum absolute atomic E-state index is 14.9. The summed E-state index contributed by atoms with van der Waals surface area (Å²) in [7, 11) is 0. The number of hydrogen-bond acceptors (Lipinski definition) is 6. The van der Waals surface area contributed by atoms with Crippen LogP contribution in [0.5, 0.6) is 11.5 Å². The highest BCUT2D eigenvalue weighted by Crippen LogP contribution is 2.32. The summed E-state index contributed by atoms with van der Waals surface area (Å²) in [4.78, 5) is 24.0. The third-order valence-electron chi connectivity index (χ3n) is 4.67. The third kappa shape index (κ3) is 6.87. The Labute approximate surface area is 186 Å². The first-order valence-electron chi connectivity index (χ1n) is 10.2. The number of rotatable bonds is 11. The summed E-state index contributed by atoms with van der Waals surface area (Å²) < 4.78 is 25.3. The van der Waals surface area contributed by atoms with E-state index in [1.54, 1.807) is 6.07 Å². The fourth-order valence-electron chi connectivity index (χ4n) is 2.86. The molecule has 6 nitrogen and oxygen atoms in total. The van der Waals surface area contributed by atoms with Gasteiger partial charge in [-0.25, -0.2) is 14.0 Å². The van der Waals surface area contributed by atoms with Crippen LogP contribution in [0.3, 0.4) is 0 Å². The van der Waals surface area contributed by atoms with E-state index in [4.69, 9.17) is 19.7 Å². The molecule has 0 spiro atoms. The summed E-state index contributed by atoms with van der Waals surface area (Å²) in [6.07, 6.45) is 3.85. The van der Waals surface area contributed by atoms with E-state index in [0.717, 1.165) is 31.2 Å². The molecule has 0 radical (unpaired) electrons. The highest BCUT2D eigenvalue weighted by atomic mass is 19.1. The Hall–Kier alpha value is -3.29. The fourth-order valence-corrected chi connectivity index (χ4v) is 2.86. The smallest absolute Gasteiger partial charge is 0.341 e. The van der Waals surface area contributed by atoms with Crippen molar-refractivity contribution in [2.24, 2.45) is 0 Å². The zero-order valence-corrected chi connectivity index (χ0v) is 18.0. The summed E-state index contributed by atoms with van der Waals surface area (Å²) in [5.41, 5.74) is 1.05. The van der Waals surface area contributed by atoms with E-state index in [-0.39, 0.29) is 28.2 Å². The topological polar surface area (TPSA) is 93.1 Å². The molecular formula is C25H27FO6. The first kappa shape index (κ1) is 25.0. The number of hydrogen-bond donors (Lipinski definition) is 2. The second-order valence-electron chi connectivity index (χ2n) is 7.27. The van der Waals surface area contributed by atoms with Crippen molar-refractivity contribution in [2.45, 2.75) is 32.6 Å². The normalized spacial score (nSPS) is 10.5. The van der Waals surface area contributed by atoms with Crippen LogP contribution in [0.4, 0.5) is 4.39 Å². The summed E-state index contributed by atoms with van der Waals surface area (Å²) in [6.45, 7) is 7.71. The van der Waals surface area contributed by atoms with Crippen LogP contribution in [0, 0.1) is 5.82 Å². The van der Waals surface area contributed by atoms with E-state index in [2.05, 4.69) is 20.1 Å². The van der Waals surface area contributed by atoms with Crippen molar-refractivity contribution < 1.29 is 33.7 Å². The number of halogens is 1. The van der Waals surface area contributed by atoms with Gasteiger partial charge in [-0.3, -0.25) is 0 Å². The van der Waals surface area contributed by atoms with Gasteiger partial charge in [0.15, 0.2) is 0 Å². The zero-order chi connectivity index (χ0) is 23.7. The van der Waals surface area contributed by atoms with E-state index < -0.39 is 31.0 Å². The summed E-state index contributed by atoms with van der Waals surface area (Å²) in [6, 6.07) is 8.97. The molecule has 0 aliphatic heterocycles. The van der Waals surface area contributed by atoms with Crippen LogP contribution in [0.1, 0.15) is 31.7 Å². The van der Waals surface area contributed by atoms with Gasteiger partial charge in [-0.2, -0.15) is 0 Å². The number of unbranched alkanes of at least 4 members (excludes halogenated alkanes) is 2. The molecular weight excluding hydrogens is 415 g/mol. The number of benzene rings is 2. The number of aryl methyl sites for hydroxylation is 1. The van der Waals surface area contributed by atoms with Crippen molar-refractivity contribution in [3.05, 3.63) is 72.1 Å². The Balaban J connectivity index is 2.41. The second kappa shape index (κ2) is 11.9. The largest absolute Gasteiger partial charge is 0.423 e. The molecule has 170 valence electrons. The van der Waals surface area contributed by atoms with Gasteiger partial charge in [0.2, 0.25) is 0 Å². The minimum Gasteiger partial charge on any atom is -0.423 e. The van der Waals surface area contributed by atoms with Gasteiger partial charge in [-0.05, 0) is 42.2 Å². The number of ether oxygens (including phenoxy) is 2. The molecule has 32 heavy (non-hydrogen) atoms. The van der Waals surface area contributed by atoms with Gasteiger partial charge in [0.1, 0.15) is 17.3 Å². The van der Waals surface area contributed by atoms with Crippen LogP contribution >= 0.6 is 0 Å². The molecule has 7 heteroatoms. The standard InChI is InChI=1S/C25H27FO6/c1-4-5-6-7-18-8-9-22(23(26)10-18)19-11-20(31-24(29)16(2)14-27)13-21(12-19)32-25(30)17(3)15-28/h8-13,27-28H,2-7,14-15H2,1H3. The van der Waals surface area contributed by atoms with Gasteiger partial charge in [0, 0.05) is 11.6 Å². The minimum atomic E-state index is -0.881. The fraction of sp³-hybridized carbons (Fsp3) is 0.280. The zero-order valence-electron chi connectivity index (χ0n) is 18.0. The molecule has 0 saturated carbocycles. The lowest BCUT2D eigenvalue weighted by Crippen LogP contribution is -2.14. The predicted octanol–water partition coefficient (Wildman–Crippen LogP) is 4.13. The van der Waals surface area contributed by atoms with Crippen molar-refractivity contribution in [3.8, 4) is 22.6 Å². The highest BCUT2D eigenvalue weighted by Gasteiger charge is 2.16. The van der Waals surface area contributed by atoms with Gasteiger partial charge in [0.25, 0.3) is 0 Å². The molecule has 0 aliphatic carbocycles. The van der Waals surface area contributed by atoms with Gasteiger partial charge in [-0.15, -0.1) is 0 Å². The number of carbonyl (C=O) groups is 2. The lowest BCUT2D eigenvalue weighted by Gasteiger charge is -2.13. The summed E-state index contributed by atoms with van der Waals surface area (Å²) >= 11 is 0. The van der Waals surface area contributed by atoms with E-state index in [9.17, 15) is 14.0 Å². The molecule has 0 aliphatic rings. The number of aliphatic hydroxyl groups excluding tert-OH is 2. The van der Waals surface area contributed by atoms with Crippen LogP contribution in [-0.2, 0) is 16.0 Å². The van der Waals surface area contributed by atoms with Gasteiger partial charge in [0.05, 0.1) is 24.4 Å². The molecule has 0 fully saturated rings. The first-order valence-corrected chi connectivity index (χ1v) is 10.2. The molecule has 0 unspecified atom stereocenters. The Morgan fingerprint density at radius 3 is 1.94 bits per heavy atom. The quantitative estimate of drug-likeness (QED) is 0.235.